The van der Waals surface area contributed by atoms with Gasteiger partial charge in [-0.2, -0.15) is 0 Å². The summed E-state index contributed by atoms with van der Waals surface area (Å²) in [5.74, 6) is -1.44. The Bertz CT molecular complexity index is 1540. The normalized spacial score (nSPS) is 11.9. The van der Waals surface area contributed by atoms with Crippen molar-refractivity contribution in [3.8, 4) is 0 Å². The zero-order valence-corrected chi connectivity index (χ0v) is 20.5. The van der Waals surface area contributed by atoms with Gasteiger partial charge in [-0.25, -0.2) is 0 Å². The Morgan fingerprint density at radius 3 is 2.46 bits per heavy atom. The Morgan fingerprint density at radius 1 is 0.914 bits per heavy atom. The van der Waals surface area contributed by atoms with Gasteiger partial charge in [0.2, 0.25) is 0 Å². The zero-order valence-electron chi connectivity index (χ0n) is 18.1. The van der Waals surface area contributed by atoms with Crippen LogP contribution >= 0.6 is 34.3 Å². The fourth-order valence-electron chi connectivity index (χ4n) is 3.79. The molecule has 0 saturated heterocycles. The summed E-state index contributed by atoms with van der Waals surface area (Å²) < 4.78 is 0.870. The molecule has 0 fully saturated rings. The number of fused-ring (bicyclic) bond motifs is 2. The van der Waals surface area contributed by atoms with Crippen LogP contribution in [-0.2, 0) is 11.2 Å². The highest BCUT2D eigenvalue weighted by atomic mass is 35.5. The Morgan fingerprint density at radius 2 is 1.69 bits per heavy atom. The number of para-hydroxylation sites is 1. The standard InChI is InChI=1S/C25H19ClN4O3S2/c26-21-16-7-2-4-9-19(16)35-22(21)25(33)30-29-23(31)18(28-24(32)20-10-5-11-34-20)12-14-13-27-17-8-3-1-6-15(14)17/h1-11,13,18,27H,12H2,(H,28,32)(H,29,31)(H,30,33)/t18-/m0/s1. The van der Waals surface area contributed by atoms with Crippen LogP contribution in [0, 0.1) is 0 Å². The molecule has 0 spiro atoms. The molecule has 4 N–H and O–H groups in total. The number of amides is 3. The van der Waals surface area contributed by atoms with Gasteiger partial charge < -0.3 is 10.3 Å². The summed E-state index contributed by atoms with van der Waals surface area (Å²) in [6.07, 6.45) is 2.05. The van der Waals surface area contributed by atoms with Gasteiger partial charge >= 0.3 is 0 Å². The van der Waals surface area contributed by atoms with E-state index >= 15 is 0 Å². The van der Waals surface area contributed by atoms with Crippen LogP contribution in [-0.4, -0.2) is 28.7 Å². The highest BCUT2D eigenvalue weighted by Crippen LogP contribution is 2.34. The maximum atomic E-state index is 13.1. The van der Waals surface area contributed by atoms with E-state index in [0.717, 1.165) is 26.6 Å². The van der Waals surface area contributed by atoms with Gasteiger partial charge in [-0.15, -0.1) is 22.7 Å². The van der Waals surface area contributed by atoms with Gasteiger partial charge in [-0.05, 0) is 29.1 Å². The third-order valence-corrected chi connectivity index (χ3v) is 8.05. The van der Waals surface area contributed by atoms with Gasteiger partial charge in [0.1, 0.15) is 10.9 Å². The second-order valence-electron chi connectivity index (χ2n) is 7.75. The second kappa shape index (κ2) is 9.91. The van der Waals surface area contributed by atoms with Crippen molar-refractivity contribution in [3.63, 3.8) is 0 Å². The Labute approximate surface area is 213 Å². The van der Waals surface area contributed by atoms with Crippen LogP contribution in [0.3, 0.4) is 0 Å². The lowest BCUT2D eigenvalue weighted by molar-refractivity contribution is -0.123. The first-order chi connectivity index (χ1) is 17.0. The van der Waals surface area contributed by atoms with Crippen LogP contribution in [0.5, 0.6) is 0 Å². The monoisotopic (exact) mass is 522 g/mol. The van der Waals surface area contributed by atoms with Crippen molar-refractivity contribution in [1.82, 2.24) is 21.2 Å². The molecule has 0 bridgehead atoms. The smallest absolute Gasteiger partial charge is 0.281 e. The Balaban J connectivity index is 1.34. The molecule has 2 aromatic carbocycles. The van der Waals surface area contributed by atoms with E-state index in [4.69, 9.17) is 11.6 Å². The molecule has 0 radical (unpaired) electrons. The minimum Gasteiger partial charge on any atom is -0.361 e. The molecule has 1 atom stereocenters. The number of carbonyl (C=O) groups is 3. The van der Waals surface area contributed by atoms with E-state index in [-0.39, 0.29) is 12.3 Å². The number of thiophene rings is 2. The first-order valence-corrected chi connectivity index (χ1v) is 12.8. The average Bonchev–Trinajstić information content (AvgIpc) is 3.62. The number of hydrogen-bond acceptors (Lipinski definition) is 5. The van der Waals surface area contributed by atoms with Gasteiger partial charge in [-0.1, -0.05) is 54.1 Å². The molecular formula is C25H19ClN4O3S2. The molecule has 5 rings (SSSR count). The highest BCUT2D eigenvalue weighted by Gasteiger charge is 2.25. The largest absolute Gasteiger partial charge is 0.361 e. The average molecular weight is 523 g/mol. The van der Waals surface area contributed by atoms with Gasteiger partial charge in [0.15, 0.2) is 0 Å². The molecule has 0 aliphatic carbocycles. The lowest BCUT2D eigenvalue weighted by Crippen LogP contribution is -2.53. The molecule has 3 aromatic heterocycles. The van der Waals surface area contributed by atoms with E-state index in [2.05, 4.69) is 21.2 Å². The maximum Gasteiger partial charge on any atom is 0.281 e. The van der Waals surface area contributed by atoms with Crippen LogP contribution in [0.15, 0.2) is 72.2 Å². The zero-order chi connectivity index (χ0) is 24.4. The number of hydrazine groups is 1. The predicted molar refractivity (Wildman–Crippen MR) is 140 cm³/mol. The number of rotatable bonds is 6. The molecule has 0 saturated carbocycles. The Kier molecular flexibility index (Phi) is 6.54. The molecule has 5 aromatic rings. The summed E-state index contributed by atoms with van der Waals surface area (Å²) in [4.78, 5) is 42.6. The molecule has 176 valence electrons. The SMILES string of the molecule is O=C(N[C@@H](Cc1c[nH]c2ccccc12)C(=O)NNC(=O)c1sc2ccccc2c1Cl)c1cccs1. The van der Waals surface area contributed by atoms with Crippen molar-refractivity contribution in [2.75, 3.05) is 0 Å². The van der Waals surface area contributed by atoms with Crippen LogP contribution in [0.4, 0.5) is 0 Å². The van der Waals surface area contributed by atoms with Gasteiger partial charge in [-0.3, -0.25) is 25.2 Å². The van der Waals surface area contributed by atoms with Crippen molar-refractivity contribution in [2.24, 2.45) is 0 Å². The molecule has 35 heavy (non-hydrogen) atoms. The molecule has 0 unspecified atom stereocenters. The van der Waals surface area contributed by atoms with Crippen molar-refractivity contribution in [1.29, 1.82) is 0 Å². The molecule has 3 amide bonds. The maximum absolute atomic E-state index is 13.1. The number of benzene rings is 2. The minimum absolute atomic E-state index is 0.229. The number of hydrogen-bond donors (Lipinski definition) is 4. The van der Waals surface area contributed by atoms with Crippen LogP contribution in [0.2, 0.25) is 5.02 Å². The molecular weight excluding hydrogens is 504 g/mol. The van der Waals surface area contributed by atoms with Crippen LogP contribution in [0.1, 0.15) is 24.9 Å². The summed E-state index contributed by atoms with van der Waals surface area (Å²) in [5, 5.41) is 6.64. The summed E-state index contributed by atoms with van der Waals surface area (Å²) in [6, 6.07) is 17.7. The van der Waals surface area contributed by atoms with Crippen LogP contribution in [0.25, 0.3) is 21.0 Å². The van der Waals surface area contributed by atoms with E-state index in [1.54, 1.807) is 17.5 Å². The van der Waals surface area contributed by atoms with Gasteiger partial charge in [0.25, 0.3) is 17.7 Å². The molecule has 0 aliphatic rings. The summed E-state index contributed by atoms with van der Waals surface area (Å²) in [5.41, 5.74) is 6.68. The van der Waals surface area contributed by atoms with E-state index in [0.29, 0.717) is 14.8 Å². The fourth-order valence-corrected chi connectivity index (χ4v) is 5.83. The van der Waals surface area contributed by atoms with Crippen LogP contribution < -0.4 is 16.2 Å². The number of H-pyrrole nitrogens is 1. The first kappa shape index (κ1) is 23.1. The Hall–Kier alpha value is -3.66. The molecule has 0 aliphatic heterocycles. The third kappa shape index (κ3) is 4.79. The van der Waals surface area contributed by atoms with E-state index in [1.165, 1.54) is 22.7 Å². The summed E-state index contributed by atoms with van der Waals surface area (Å²) in [7, 11) is 0. The summed E-state index contributed by atoms with van der Waals surface area (Å²) >= 11 is 8.90. The van der Waals surface area contributed by atoms with E-state index < -0.39 is 17.9 Å². The van der Waals surface area contributed by atoms with E-state index in [9.17, 15) is 14.4 Å². The lowest BCUT2D eigenvalue weighted by atomic mass is 10.0. The molecule has 3 heterocycles. The minimum atomic E-state index is -0.929. The fraction of sp³-hybridized carbons (Fsp3) is 0.0800. The van der Waals surface area contributed by atoms with Crippen molar-refractivity contribution < 1.29 is 14.4 Å². The first-order valence-electron chi connectivity index (χ1n) is 10.7. The number of aromatic nitrogens is 1. The highest BCUT2D eigenvalue weighted by molar-refractivity contribution is 7.21. The van der Waals surface area contributed by atoms with Crippen molar-refractivity contribution in [2.45, 2.75) is 12.5 Å². The summed E-state index contributed by atoms with van der Waals surface area (Å²) in [6.45, 7) is 0. The topological polar surface area (TPSA) is 103 Å². The van der Waals surface area contributed by atoms with E-state index in [1.807, 2.05) is 54.7 Å². The lowest BCUT2D eigenvalue weighted by Gasteiger charge is -2.18. The molecule has 7 nitrogen and oxygen atoms in total. The van der Waals surface area contributed by atoms with Gasteiger partial charge in [0.05, 0.1) is 9.90 Å². The number of halogens is 1. The van der Waals surface area contributed by atoms with Crippen molar-refractivity contribution in [3.05, 3.63) is 92.6 Å². The predicted octanol–water partition coefficient (Wildman–Crippen LogP) is 4.90. The third-order valence-electron chi connectivity index (χ3n) is 5.51. The van der Waals surface area contributed by atoms with Crippen molar-refractivity contribution >= 4 is 73.0 Å². The quantitative estimate of drug-likeness (QED) is 0.238. The number of nitrogens with one attached hydrogen (secondary N) is 4. The van der Waals surface area contributed by atoms with Gasteiger partial charge in [0, 0.05) is 33.6 Å². The molecule has 10 heteroatoms. The number of carbonyl (C=O) groups excluding carboxylic acids is 3. The second-order valence-corrected chi connectivity index (χ2v) is 10.1. The number of aromatic amines is 1.